The maximum Gasteiger partial charge on any atom is 0.304 e. The Labute approximate surface area is 199 Å². The standard InChI is InChI=1S/C29H40N3O/c1-19(2)23-15-24(20(3)4)28(25(16-23)21(5)6)32-18-31-26(14-22-12-10-9-11-13-22)29(7,8)33-17-27(31)30-32/h9-13,15-16,18-21,26H,14,17H2,1-8H3/q+1/t26-/m0/s1. The summed E-state index contributed by atoms with van der Waals surface area (Å²) in [6.07, 6.45) is 3.13. The molecule has 0 unspecified atom stereocenters. The molecule has 0 aliphatic carbocycles. The van der Waals surface area contributed by atoms with Crippen molar-refractivity contribution in [1.29, 1.82) is 0 Å². The van der Waals surface area contributed by atoms with Gasteiger partial charge in [0.2, 0.25) is 6.33 Å². The second-order valence-electron chi connectivity index (χ2n) is 11.0. The molecular formula is C29H40N3O+. The van der Waals surface area contributed by atoms with Gasteiger partial charge in [-0.05, 0) is 53.9 Å². The minimum absolute atomic E-state index is 0.178. The molecule has 33 heavy (non-hydrogen) atoms. The third-order valence-corrected chi connectivity index (χ3v) is 7.07. The van der Waals surface area contributed by atoms with Gasteiger partial charge in [0.15, 0.2) is 0 Å². The number of nitrogens with zero attached hydrogens (tertiary/aromatic N) is 3. The Hall–Kier alpha value is -2.46. The van der Waals surface area contributed by atoms with Gasteiger partial charge in [-0.15, -0.1) is 0 Å². The van der Waals surface area contributed by atoms with Gasteiger partial charge in [0, 0.05) is 11.5 Å². The van der Waals surface area contributed by atoms with Gasteiger partial charge in [-0.25, -0.2) is 4.57 Å². The Morgan fingerprint density at radius 3 is 2.12 bits per heavy atom. The monoisotopic (exact) mass is 446 g/mol. The fraction of sp³-hybridized carbons (Fsp3) is 0.517. The molecule has 0 saturated carbocycles. The van der Waals surface area contributed by atoms with E-state index in [-0.39, 0.29) is 11.6 Å². The van der Waals surface area contributed by atoms with Gasteiger partial charge in [0.05, 0.1) is 5.60 Å². The highest BCUT2D eigenvalue weighted by atomic mass is 16.5. The third-order valence-electron chi connectivity index (χ3n) is 7.07. The van der Waals surface area contributed by atoms with Crippen LogP contribution in [0.1, 0.15) is 107 Å². The van der Waals surface area contributed by atoms with Crippen molar-refractivity contribution in [3.8, 4) is 5.69 Å². The Morgan fingerprint density at radius 2 is 1.58 bits per heavy atom. The average molecular weight is 447 g/mol. The van der Waals surface area contributed by atoms with Crippen LogP contribution in [-0.4, -0.2) is 15.4 Å². The maximum atomic E-state index is 6.34. The molecular weight excluding hydrogens is 406 g/mol. The van der Waals surface area contributed by atoms with Crippen LogP contribution in [0.2, 0.25) is 0 Å². The summed E-state index contributed by atoms with van der Waals surface area (Å²) >= 11 is 0. The SMILES string of the molecule is CC(C)c1cc(C(C)C)c(-n2c[n+]3c(n2)COC(C)(C)[C@@H]3Cc2ccccc2)c(C(C)C)c1. The number of hydrogen-bond donors (Lipinski definition) is 0. The van der Waals surface area contributed by atoms with E-state index in [0.29, 0.717) is 24.4 Å². The van der Waals surface area contributed by atoms with E-state index in [9.17, 15) is 0 Å². The van der Waals surface area contributed by atoms with Crippen molar-refractivity contribution in [2.75, 3.05) is 0 Å². The van der Waals surface area contributed by atoms with Crippen LogP contribution in [0, 0.1) is 0 Å². The fourth-order valence-corrected chi connectivity index (χ4v) is 4.90. The van der Waals surface area contributed by atoms with Gasteiger partial charge in [-0.1, -0.05) is 88.7 Å². The summed E-state index contributed by atoms with van der Waals surface area (Å²) in [6.45, 7) is 18.6. The van der Waals surface area contributed by atoms with Crippen LogP contribution in [-0.2, 0) is 17.8 Å². The molecule has 1 atom stereocenters. The summed E-state index contributed by atoms with van der Waals surface area (Å²) in [6, 6.07) is 15.7. The lowest BCUT2D eigenvalue weighted by Gasteiger charge is -2.36. The summed E-state index contributed by atoms with van der Waals surface area (Å²) in [7, 11) is 0. The van der Waals surface area contributed by atoms with Crippen LogP contribution >= 0.6 is 0 Å². The highest BCUT2D eigenvalue weighted by molar-refractivity contribution is 5.53. The first-order chi connectivity index (χ1) is 15.6. The van der Waals surface area contributed by atoms with Gasteiger partial charge in [-0.2, -0.15) is 0 Å². The van der Waals surface area contributed by atoms with Crippen molar-refractivity contribution < 1.29 is 9.30 Å². The molecule has 0 saturated heterocycles. The minimum atomic E-state index is -0.273. The summed E-state index contributed by atoms with van der Waals surface area (Å²) < 4.78 is 10.8. The van der Waals surface area contributed by atoms with E-state index < -0.39 is 0 Å². The lowest BCUT2D eigenvalue weighted by molar-refractivity contribution is -0.757. The van der Waals surface area contributed by atoms with E-state index >= 15 is 0 Å². The predicted octanol–water partition coefficient (Wildman–Crippen LogP) is 6.62. The van der Waals surface area contributed by atoms with E-state index in [1.54, 1.807) is 0 Å². The van der Waals surface area contributed by atoms with Crippen molar-refractivity contribution >= 4 is 0 Å². The van der Waals surface area contributed by atoms with Crippen molar-refractivity contribution in [3.63, 3.8) is 0 Å². The van der Waals surface area contributed by atoms with Gasteiger partial charge < -0.3 is 4.74 Å². The molecule has 4 nitrogen and oxygen atoms in total. The summed E-state index contributed by atoms with van der Waals surface area (Å²) in [5.41, 5.74) is 6.42. The summed E-state index contributed by atoms with van der Waals surface area (Å²) in [5.74, 6) is 2.32. The lowest BCUT2D eigenvalue weighted by Crippen LogP contribution is -2.57. The largest absolute Gasteiger partial charge is 0.361 e. The smallest absolute Gasteiger partial charge is 0.304 e. The van der Waals surface area contributed by atoms with Crippen LogP contribution in [0.4, 0.5) is 0 Å². The molecule has 2 aromatic carbocycles. The molecule has 0 N–H and O–H groups in total. The van der Waals surface area contributed by atoms with Crippen molar-refractivity contribution in [2.24, 2.45) is 0 Å². The Kier molecular flexibility index (Phi) is 6.50. The number of aromatic nitrogens is 3. The molecule has 4 heteroatoms. The molecule has 4 rings (SSSR count). The summed E-state index contributed by atoms with van der Waals surface area (Å²) in [5, 5.41) is 5.09. The molecule has 0 radical (unpaired) electrons. The van der Waals surface area contributed by atoms with E-state index in [4.69, 9.17) is 9.84 Å². The van der Waals surface area contributed by atoms with Crippen LogP contribution < -0.4 is 4.57 Å². The average Bonchev–Trinajstić information content (AvgIpc) is 3.19. The Balaban J connectivity index is 1.86. The van der Waals surface area contributed by atoms with E-state index in [1.165, 1.54) is 27.9 Å². The fourth-order valence-electron chi connectivity index (χ4n) is 4.90. The molecule has 1 aromatic heterocycles. The van der Waals surface area contributed by atoms with Gasteiger partial charge in [0.1, 0.15) is 18.3 Å². The minimum Gasteiger partial charge on any atom is -0.361 e. The molecule has 0 spiro atoms. The van der Waals surface area contributed by atoms with Crippen LogP contribution in [0.15, 0.2) is 48.8 Å². The second-order valence-corrected chi connectivity index (χ2v) is 11.0. The maximum absolute atomic E-state index is 6.34. The van der Waals surface area contributed by atoms with Gasteiger partial charge in [-0.3, -0.25) is 0 Å². The molecule has 3 aromatic rings. The molecule has 176 valence electrons. The van der Waals surface area contributed by atoms with E-state index in [0.717, 1.165) is 12.2 Å². The number of hydrogen-bond acceptors (Lipinski definition) is 2. The Bertz CT molecular complexity index is 1080. The second kappa shape index (κ2) is 9.06. The molecule has 1 aliphatic heterocycles. The first-order valence-corrected chi connectivity index (χ1v) is 12.4. The molecule has 2 heterocycles. The van der Waals surface area contributed by atoms with Crippen LogP contribution in [0.25, 0.3) is 5.69 Å². The van der Waals surface area contributed by atoms with Crippen molar-refractivity contribution in [2.45, 2.75) is 97.8 Å². The first-order valence-electron chi connectivity index (χ1n) is 12.4. The van der Waals surface area contributed by atoms with Crippen molar-refractivity contribution in [3.05, 3.63) is 76.9 Å². The van der Waals surface area contributed by atoms with Crippen LogP contribution in [0.5, 0.6) is 0 Å². The predicted molar refractivity (Wildman–Crippen MR) is 134 cm³/mol. The highest BCUT2D eigenvalue weighted by Crippen LogP contribution is 2.35. The Morgan fingerprint density at radius 1 is 0.970 bits per heavy atom. The normalized spacial score (nSPS) is 17.7. The number of ether oxygens (including phenoxy) is 1. The third kappa shape index (κ3) is 4.63. The number of fused-ring (bicyclic) bond motifs is 1. The number of rotatable bonds is 6. The lowest BCUT2D eigenvalue weighted by atomic mass is 9.87. The highest BCUT2D eigenvalue weighted by Gasteiger charge is 2.43. The number of benzene rings is 2. The molecule has 0 fully saturated rings. The summed E-state index contributed by atoms with van der Waals surface area (Å²) in [4.78, 5) is 0. The van der Waals surface area contributed by atoms with Crippen LogP contribution in [0.3, 0.4) is 0 Å². The molecule has 1 aliphatic rings. The van der Waals surface area contributed by atoms with Crippen molar-refractivity contribution in [1.82, 2.24) is 9.78 Å². The van der Waals surface area contributed by atoms with E-state index in [1.807, 2.05) is 0 Å². The first kappa shape index (κ1) is 23.7. The zero-order valence-corrected chi connectivity index (χ0v) is 21.6. The zero-order valence-electron chi connectivity index (χ0n) is 21.6. The topological polar surface area (TPSA) is 30.9 Å². The van der Waals surface area contributed by atoms with E-state index in [2.05, 4.69) is 113 Å². The molecule has 0 bridgehead atoms. The quantitative estimate of drug-likeness (QED) is 0.398. The molecule has 0 amide bonds. The van der Waals surface area contributed by atoms with Gasteiger partial charge in [0.25, 0.3) is 0 Å². The zero-order chi connectivity index (χ0) is 23.9. The van der Waals surface area contributed by atoms with Gasteiger partial charge >= 0.3 is 5.82 Å².